The Kier molecular flexibility index (Phi) is 2.22. The van der Waals surface area contributed by atoms with Gasteiger partial charge in [-0.2, -0.15) is 5.10 Å². The summed E-state index contributed by atoms with van der Waals surface area (Å²) in [5, 5.41) is 8.68. The lowest BCUT2D eigenvalue weighted by molar-refractivity contribution is 0.0940. The van der Waals surface area contributed by atoms with E-state index >= 15 is 0 Å². The molecular formula is C7H8N6O. The van der Waals surface area contributed by atoms with Crippen molar-refractivity contribution >= 4 is 5.91 Å². The van der Waals surface area contributed by atoms with E-state index in [1.54, 1.807) is 12.5 Å². The Morgan fingerprint density at radius 1 is 1.57 bits per heavy atom. The van der Waals surface area contributed by atoms with Gasteiger partial charge in [0, 0.05) is 6.20 Å². The van der Waals surface area contributed by atoms with Crippen molar-refractivity contribution in [1.29, 1.82) is 0 Å². The highest BCUT2D eigenvalue weighted by Gasteiger charge is 2.07. The normalized spacial score (nSPS) is 10.0. The van der Waals surface area contributed by atoms with Crippen LogP contribution in [-0.2, 0) is 6.54 Å². The number of aromatic amines is 2. The molecule has 0 radical (unpaired) electrons. The molecule has 2 aromatic rings. The lowest BCUT2D eigenvalue weighted by Crippen LogP contribution is -2.24. The van der Waals surface area contributed by atoms with Crippen LogP contribution in [0.3, 0.4) is 0 Å². The largest absolute Gasteiger partial charge is 0.347 e. The highest BCUT2D eigenvalue weighted by Crippen LogP contribution is 1.91. The van der Waals surface area contributed by atoms with Crippen LogP contribution in [0.1, 0.15) is 16.3 Å². The number of carbonyl (C=O) groups is 1. The Morgan fingerprint density at radius 3 is 3.14 bits per heavy atom. The van der Waals surface area contributed by atoms with Crippen LogP contribution in [0.25, 0.3) is 0 Å². The zero-order valence-electron chi connectivity index (χ0n) is 7.19. The number of amides is 1. The summed E-state index contributed by atoms with van der Waals surface area (Å²) >= 11 is 0. The maximum absolute atomic E-state index is 11.3. The van der Waals surface area contributed by atoms with Gasteiger partial charge in [-0.05, 0) is 0 Å². The van der Waals surface area contributed by atoms with Gasteiger partial charge in [-0.3, -0.25) is 9.89 Å². The minimum atomic E-state index is -0.294. The van der Waals surface area contributed by atoms with Gasteiger partial charge in [0.1, 0.15) is 6.33 Å². The third-order valence-corrected chi connectivity index (χ3v) is 1.62. The Balaban J connectivity index is 1.90. The number of imidazole rings is 1. The van der Waals surface area contributed by atoms with E-state index in [4.69, 9.17) is 0 Å². The van der Waals surface area contributed by atoms with Gasteiger partial charge in [0.2, 0.25) is 5.82 Å². The van der Waals surface area contributed by atoms with Gasteiger partial charge in [-0.25, -0.2) is 9.97 Å². The summed E-state index contributed by atoms with van der Waals surface area (Å²) in [4.78, 5) is 21.7. The first kappa shape index (κ1) is 8.42. The van der Waals surface area contributed by atoms with Crippen molar-refractivity contribution in [3.63, 3.8) is 0 Å². The standard InChI is InChI=1S/C7H8N6O/c14-7(6-11-4-12-13-6)9-2-5-1-8-3-10-5/h1,3-4H,2H2,(H,8,10)(H,9,14)(H,11,12,13). The molecule has 0 unspecified atom stereocenters. The molecule has 0 atom stereocenters. The second-order valence-electron chi connectivity index (χ2n) is 2.59. The minimum absolute atomic E-state index is 0.199. The van der Waals surface area contributed by atoms with Crippen LogP contribution in [0.2, 0.25) is 0 Å². The SMILES string of the molecule is O=C(NCc1cnc[nH]1)c1ncn[nH]1. The van der Waals surface area contributed by atoms with Crippen molar-refractivity contribution in [2.45, 2.75) is 6.54 Å². The molecule has 0 bridgehead atoms. The number of nitrogens with one attached hydrogen (secondary N) is 3. The molecule has 2 heterocycles. The second kappa shape index (κ2) is 3.69. The summed E-state index contributed by atoms with van der Waals surface area (Å²) in [5.41, 5.74) is 0.831. The third kappa shape index (κ3) is 1.76. The van der Waals surface area contributed by atoms with Crippen molar-refractivity contribution in [2.75, 3.05) is 0 Å². The summed E-state index contributed by atoms with van der Waals surface area (Å²) in [5.74, 6) is -0.0957. The first-order chi connectivity index (χ1) is 6.86. The first-order valence-corrected chi connectivity index (χ1v) is 3.97. The highest BCUT2D eigenvalue weighted by atomic mass is 16.2. The molecule has 14 heavy (non-hydrogen) atoms. The maximum Gasteiger partial charge on any atom is 0.288 e. The van der Waals surface area contributed by atoms with Gasteiger partial charge in [0.15, 0.2) is 0 Å². The molecule has 0 fully saturated rings. The van der Waals surface area contributed by atoms with Crippen molar-refractivity contribution in [3.05, 3.63) is 30.4 Å². The molecule has 1 amide bonds. The zero-order valence-corrected chi connectivity index (χ0v) is 7.19. The average molecular weight is 192 g/mol. The Hall–Kier alpha value is -2.18. The molecule has 0 aromatic carbocycles. The summed E-state index contributed by atoms with van der Waals surface area (Å²) in [6.45, 7) is 0.388. The van der Waals surface area contributed by atoms with Gasteiger partial charge < -0.3 is 10.3 Å². The Labute approximate surface area is 79.0 Å². The van der Waals surface area contributed by atoms with Gasteiger partial charge in [-0.15, -0.1) is 0 Å². The monoisotopic (exact) mass is 192 g/mol. The van der Waals surface area contributed by atoms with Crippen molar-refractivity contribution < 1.29 is 4.79 Å². The molecule has 2 aromatic heterocycles. The van der Waals surface area contributed by atoms with Crippen LogP contribution in [0.4, 0.5) is 0 Å². The van der Waals surface area contributed by atoms with E-state index in [9.17, 15) is 4.79 Å². The van der Waals surface area contributed by atoms with Crippen molar-refractivity contribution in [2.24, 2.45) is 0 Å². The van der Waals surface area contributed by atoms with E-state index in [2.05, 4.69) is 30.5 Å². The molecule has 2 rings (SSSR count). The number of nitrogens with zero attached hydrogens (tertiary/aromatic N) is 3. The van der Waals surface area contributed by atoms with Gasteiger partial charge in [-0.1, -0.05) is 0 Å². The first-order valence-electron chi connectivity index (χ1n) is 3.97. The predicted octanol–water partition coefficient (Wildman–Crippen LogP) is -0.542. The number of H-pyrrole nitrogens is 2. The van der Waals surface area contributed by atoms with E-state index < -0.39 is 0 Å². The van der Waals surface area contributed by atoms with Crippen LogP contribution in [-0.4, -0.2) is 31.1 Å². The molecule has 3 N–H and O–H groups in total. The molecule has 0 saturated carbocycles. The third-order valence-electron chi connectivity index (χ3n) is 1.62. The Morgan fingerprint density at radius 2 is 2.50 bits per heavy atom. The van der Waals surface area contributed by atoms with Crippen LogP contribution in [0.5, 0.6) is 0 Å². The molecule has 7 nitrogen and oxygen atoms in total. The average Bonchev–Trinajstić information content (AvgIpc) is 2.87. The molecule has 7 heteroatoms. The van der Waals surface area contributed by atoms with Crippen LogP contribution in [0.15, 0.2) is 18.9 Å². The summed E-state index contributed by atoms with van der Waals surface area (Å²) in [6.07, 6.45) is 4.47. The topological polar surface area (TPSA) is 99.3 Å². The lowest BCUT2D eigenvalue weighted by atomic mass is 10.4. The molecule has 0 aliphatic carbocycles. The minimum Gasteiger partial charge on any atom is -0.347 e. The quantitative estimate of drug-likeness (QED) is 0.608. The number of rotatable bonds is 3. The number of aromatic nitrogens is 5. The fourth-order valence-electron chi connectivity index (χ4n) is 0.955. The highest BCUT2D eigenvalue weighted by molar-refractivity contribution is 5.90. The summed E-state index contributed by atoms with van der Waals surface area (Å²) in [7, 11) is 0. The van der Waals surface area contributed by atoms with E-state index in [-0.39, 0.29) is 11.7 Å². The van der Waals surface area contributed by atoms with Crippen LogP contribution in [0, 0.1) is 0 Å². The summed E-state index contributed by atoms with van der Waals surface area (Å²) < 4.78 is 0. The number of carbonyl (C=O) groups excluding carboxylic acids is 1. The smallest absolute Gasteiger partial charge is 0.288 e. The summed E-state index contributed by atoms with van der Waals surface area (Å²) in [6, 6.07) is 0. The second-order valence-corrected chi connectivity index (χ2v) is 2.59. The fraction of sp³-hybridized carbons (Fsp3) is 0.143. The Bertz CT molecular complexity index is 392. The number of hydrogen-bond acceptors (Lipinski definition) is 4. The van der Waals surface area contributed by atoms with Gasteiger partial charge in [0.05, 0.1) is 18.6 Å². The molecule has 0 saturated heterocycles. The molecule has 0 aliphatic rings. The van der Waals surface area contributed by atoms with Gasteiger partial charge >= 0.3 is 0 Å². The molecular weight excluding hydrogens is 184 g/mol. The van der Waals surface area contributed by atoms with Crippen molar-refractivity contribution in [1.82, 2.24) is 30.5 Å². The van der Waals surface area contributed by atoms with E-state index in [0.717, 1.165) is 5.69 Å². The number of hydrogen-bond donors (Lipinski definition) is 3. The fourth-order valence-corrected chi connectivity index (χ4v) is 0.955. The molecule has 0 aliphatic heterocycles. The lowest BCUT2D eigenvalue weighted by Gasteiger charge is -1.99. The maximum atomic E-state index is 11.3. The predicted molar refractivity (Wildman–Crippen MR) is 46.1 cm³/mol. The van der Waals surface area contributed by atoms with E-state index in [1.807, 2.05) is 0 Å². The van der Waals surface area contributed by atoms with Crippen LogP contribution >= 0.6 is 0 Å². The van der Waals surface area contributed by atoms with E-state index in [1.165, 1.54) is 6.33 Å². The van der Waals surface area contributed by atoms with Gasteiger partial charge in [0.25, 0.3) is 5.91 Å². The van der Waals surface area contributed by atoms with Crippen LogP contribution < -0.4 is 5.32 Å². The van der Waals surface area contributed by atoms with Crippen molar-refractivity contribution in [3.8, 4) is 0 Å². The molecule has 72 valence electrons. The molecule has 0 spiro atoms. The zero-order chi connectivity index (χ0) is 9.80. The van der Waals surface area contributed by atoms with E-state index in [0.29, 0.717) is 6.54 Å².